The van der Waals surface area contributed by atoms with Crippen LogP contribution >= 0.6 is 0 Å². The fraction of sp³-hybridized carbons (Fsp3) is 0.533. The maximum atomic E-state index is 13.3. The summed E-state index contributed by atoms with van der Waals surface area (Å²) < 4.78 is 18.9. The van der Waals surface area contributed by atoms with Crippen LogP contribution in [-0.2, 0) is 11.3 Å². The van der Waals surface area contributed by atoms with Gasteiger partial charge in [-0.25, -0.2) is 4.39 Å². The van der Waals surface area contributed by atoms with Gasteiger partial charge in [-0.05, 0) is 43.5 Å². The summed E-state index contributed by atoms with van der Waals surface area (Å²) in [4.78, 5) is 2.26. The summed E-state index contributed by atoms with van der Waals surface area (Å²) in [5.41, 5.74) is 1.34. The highest BCUT2D eigenvalue weighted by Gasteiger charge is 2.20. The first kappa shape index (κ1) is 14.0. The smallest absolute Gasteiger partial charge is 0.123 e. The van der Waals surface area contributed by atoms with E-state index in [1.807, 2.05) is 6.92 Å². The van der Waals surface area contributed by atoms with E-state index in [1.54, 1.807) is 6.07 Å². The summed E-state index contributed by atoms with van der Waals surface area (Å²) in [6, 6.07) is 6.48. The second kappa shape index (κ2) is 6.65. The summed E-state index contributed by atoms with van der Waals surface area (Å²) in [7, 11) is 0. The van der Waals surface area contributed by atoms with Crippen LogP contribution in [-0.4, -0.2) is 30.7 Å². The highest BCUT2D eigenvalue weighted by atomic mass is 19.1. The van der Waals surface area contributed by atoms with Gasteiger partial charge in [-0.15, -0.1) is 0 Å². The predicted molar refractivity (Wildman–Crippen MR) is 71.0 cm³/mol. The molecule has 1 heterocycles. The SMILES string of the molecule is CCOC1CCN(Cc2cc(F)ccc2C#N)CC1. The molecule has 0 aromatic heterocycles. The van der Waals surface area contributed by atoms with Crippen molar-refractivity contribution in [3.8, 4) is 6.07 Å². The number of hydrogen-bond acceptors (Lipinski definition) is 3. The lowest BCUT2D eigenvalue weighted by Crippen LogP contribution is -2.36. The number of likely N-dealkylation sites (tertiary alicyclic amines) is 1. The molecule has 0 N–H and O–H groups in total. The number of nitrogens with zero attached hydrogens (tertiary/aromatic N) is 2. The summed E-state index contributed by atoms with van der Waals surface area (Å²) in [6.07, 6.45) is 2.36. The zero-order chi connectivity index (χ0) is 13.7. The minimum Gasteiger partial charge on any atom is -0.378 e. The number of nitriles is 1. The van der Waals surface area contributed by atoms with E-state index in [1.165, 1.54) is 12.1 Å². The van der Waals surface area contributed by atoms with E-state index in [0.29, 0.717) is 18.2 Å². The monoisotopic (exact) mass is 262 g/mol. The largest absolute Gasteiger partial charge is 0.378 e. The Labute approximate surface area is 113 Å². The van der Waals surface area contributed by atoms with Gasteiger partial charge in [-0.3, -0.25) is 4.90 Å². The number of piperidine rings is 1. The van der Waals surface area contributed by atoms with Crippen LogP contribution in [0, 0.1) is 17.1 Å². The molecule has 1 aromatic rings. The molecule has 19 heavy (non-hydrogen) atoms. The lowest BCUT2D eigenvalue weighted by molar-refractivity contribution is 0.0125. The Balaban J connectivity index is 1.96. The molecule has 0 spiro atoms. The van der Waals surface area contributed by atoms with Crippen LogP contribution in [0.1, 0.15) is 30.9 Å². The first-order valence-corrected chi connectivity index (χ1v) is 6.75. The van der Waals surface area contributed by atoms with Crippen molar-refractivity contribution >= 4 is 0 Å². The average molecular weight is 262 g/mol. The third-order valence-electron chi connectivity index (χ3n) is 3.52. The Bertz CT molecular complexity index is 462. The van der Waals surface area contributed by atoms with Crippen molar-refractivity contribution in [1.29, 1.82) is 5.26 Å². The van der Waals surface area contributed by atoms with Gasteiger partial charge in [0.2, 0.25) is 0 Å². The number of benzene rings is 1. The Morgan fingerprint density at radius 1 is 1.42 bits per heavy atom. The molecule has 0 saturated carbocycles. The molecule has 1 saturated heterocycles. The molecule has 4 heteroatoms. The summed E-state index contributed by atoms with van der Waals surface area (Å²) in [5, 5.41) is 9.04. The van der Waals surface area contributed by atoms with E-state index < -0.39 is 0 Å². The Hall–Kier alpha value is -1.44. The van der Waals surface area contributed by atoms with E-state index >= 15 is 0 Å². The topological polar surface area (TPSA) is 36.3 Å². The standard InChI is InChI=1S/C15H19FN2O/c1-2-19-15-5-7-18(8-6-15)11-13-9-14(16)4-3-12(13)10-17/h3-4,9,15H,2,5-8,11H2,1H3. The minimum absolute atomic E-state index is 0.279. The first-order valence-electron chi connectivity index (χ1n) is 6.75. The molecule has 0 atom stereocenters. The van der Waals surface area contributed by atoms with Gasteiger partial charge in [0.1, 0.15) is 5.82 Å². The maximum absolute atomic E-state index is 13.3. The van der Waals surface area contributed by atoms with Crippen molar-refractivity contribution in [3.05, 3.63) is 35.1 Å². The van der Waals surface area contributed by atoms with Crippen LogP contribution in [0.25, 0.3) is 0 Å². The molecule has 0 radical (unpaired) electrons. The van der Waals surface area contributed by atoms with E-state index in [-0.39, 0.29) is 5.82 Å². The highest BCUT2D eigenvalue weighted by Crippen LogP contribution is 2.18. The zero-order valence-corrected chi connectivity index (χ0v) is 11.2. The van der Waals surface area contributed by atoms with Crippen LogP contribution in [0.4, 0.5) is 4.39 Å². The van der Waals surface area contributed by atoms with Crippen molar-refractivity contribution < 1.29 is 9.13 Å². The van der Waals surface area contributed by atoms with Gasteiger partial charge in [0.25, 0.3) is 0 Å². The Morgan fingerprint density at radius 3 is 2.79 bits per heavy atom. The summed E-state index contributed by atoms with van der Waals surface area (Å²) in [6.45, 7) is 5.28. The zero-order valence-electron chi connectivity index (χ0n) is 11.2. The Morgan fingerprint density at radius 2 is 2.16 bits per heavy atom. The molecule has 2 rings (SSSR count). The molecule has 102 valence electrons. The fourth-order valence-electron chi connectivity index (χ4n) is 2.51. The van der Waals surface area contributed by atoms with Crippen molar-refractivity contribution in [2.45, 2.75) is 32.4 Å². The molecule has 0 aliphatic carbocycles. The quantitative estimate of drug-likeness (QED) is 0.837. The van der Waals surface area contributed by atoms with Gasteiger partial charge in [-0.1, -0.05) is 0 Å². The first-order chi connectivity index (χ1) is 9.22. The van der Waals surface area contributed by atoms with E-state index in [0.717, 1.165) is 38.1 Å². The molecule has 1 aliphatic rings. The van der Waals surface area contributed by atoms with Gasteiger partial charge in [0, 0.05) is 26.2 Å². The minimum atomic E-state index is -0.279. The Kier molecular flexibility index (Phi) is 4.89. The second-order valence-electron chi connectivity index (χ2n) is 4.84. The molecule has 0 bridgehead atoms. The number of hydrogen-bond donors (Lipinski definition) is 0. The molecule has 1 aliphatic heterocycles. The number of halogens is 1. The average Bonchev–Trinajstić information content (AvgIpc) is 2.42. The predicted octanol–water partition coefficient (Wildman–Crippen LogP) is 2.70. The van der Waals surface area contributed by atoms with Crippen LogP contribution in [0.5, 0.6) is 0 Å². The lowest BCUT2D eigenvalue weighted by atomic mass is 10.0. The summed E-state index contributed by atoms with van der Waals surface area (Å²) in [5.74, 6) is -0.279. The fourth-order valence-corrected chi connectivity index (χ4v) is 2.51. The van der Waals surface area contributed by atoms with Crippen molar-refractivity contribution in [3.63, 3.8) is 0 Å². The molecule has 1 aromatic carbocycles. The van der Waals surface area contributed by atoms with Crippen molar-refractivity contribution in [1.82, 2.24) is 4.90 Å². The van der Waals surface area contributed by atoms with E-state index in [4.69, 9.17) is 10.00 Å². The highest BCUT2D eigenvalue weighted by molar-refractivity contribution is 5.37. The van der Waals surface area contributed by atoms with Crippen molar-refractivity contribution in [2.24, 2.45) is 0 Å². The van der Waals surface area contributed by atoms with Crippen LogP contribution < -0.4 is 0 Å². The van der Waals surface area contributed by atoms with Crippen LogP contribution in [0.2, 0.25) is 0 Å². The molecule has 3 nitrogen and oxygen atoms in total. The van der Waals surface area contributed by atoms with Crippen molar-refractivity contribution in [2.75, 3.05) is 19.7 Å². The van der Waals surface area contributed by atoms with Crippen LogP contribution in [0.15, 0.2) is 18.2 Å². The lowest BCUT2D eigenvalue weighted by Gasteiger charge is -2.31. The van der Waals surface area contributed by atoms with Gasteiger partial charge in [0.15, 0.2) is 0 Å². The van der Waals surface area contributed by atoms with Crippen LogP contribution in [0.3, 0.4) is 0 Å². The molecular formula is C15H19FN2O. The maximum Gasteiger partial charge on any atom is 0.123 e. The third kappa shape index (κ3) is 3.76. The normalized spacial score (nSPS) is 17.3. The van der Waals surface area contributed by atoms with E-state index in [9.17, 15) is 4.39 Å². The second-order valence-corrected chi connectivity index (χ2v) is 4.84. The van der Waals surface area contributed by atoms with Gasteiger partial charge >= 0.3 is 0 Å². The van der Waals surface area contributed by atoms with Gasteiger partial charge in [0.05, 0.1) is 17.7 Å². The molecule has 1 fully saturated rings. The van der Waals surface area contributed by atoms with Gasteiger partial charge in [-0.2, -0.15) is 5.26 Å². The number of ether oxygens (including phenoxy) is 1. The molecule has 0 amide bonds. The third-order valence-corrected chi connectivity index (χ3v) is 3.52. The van der Waals surface area contributed by atoms with E-state index in [2.05, 4.69) is 11.0 Å². The molecular weight excluding hydrogens is 243 g/mol. The summed E-state index contributed by atoms with van der Waals surface area (Å²) >= 11 is 0. The van der Waals surface area contributed by atoms with Gasteiger partial charge < -0.3 is 4.74 Å². The number of rotatable bonds is 4. The molecule has 0 unspecified atom stereocenters.